The van der Waals surface area contributed by atoms with Gasteiger partial charge in [0.05, 0.1) is 0 Å². The topological polar surface area (TPSA) is 41.1 Å². The molecule has 0 radical (unpaired) electrons. The van der Waals surface area contributed by atoms with E-state index in [9.17, 15) is 4.57 Å². The maximum atomic E-state index is 10.6. The molecule has 0 aromatic carbocycles. The largest absolute Gasteiger partial charge is 0.532 e. The molecule has 0 atom stereocenters. The van der Waals surface area contributed by atoms with Crippen LogP contribution in [0.5, 0.6) is 0 Å². The van der Waals surface area contributed by atoms with Crippen molar-refractivity contribution in [2.45, 2.75) is 12.8 Å². The molecule has 1 saturated heterocycles. The van der Waals surface area contributed by atoms with Crippen LogP contribution in [0.4, 0.5) is 0 Å². The van der Waals surface area contributed by atoms with Gasteiger partial charge in [0.25, 0.3) is 0 Å². The third-order valence-corrected chi connectivity index (χ3v) is 2.14. The predicted octanol–water partition coefficient (Wildman–Crippen LogP) is 0.617. The van der Waals surface area contributed by atoms with Crippen LogP contribution in [-0.2, 0) is 4.57 Å². The molecule has 1 rings (SSSR count). The molecular weight excluding hydrogens is 123 g/mol. The van der Waals surface area contributed by atoms with Crippen molar-refractivity contribution in [3.63, 3.8) is 0 Å². The van der Waals surface area contributed by atoms with Crippen molar-refractivity contribution in [2.24, 2.45) is 0 Å². The second kappa shape index (κ2) is 3.13. The molecule has 8 heavy (non-hydrogen) atoms. The molecule has 2 N–H and O–H groups in total. The summed E-state index contributed by atoms with van der Waals surface area (Å²) in [7, 11) is -1.27. The Morgan fingerprint density at radius 1 is 1.12 bits per heavy atom. The lowest BCUT2D eigenvalue weighted by molar-refractivity contribution is 0.575. The minimum absolute atomic E-state index is 0.891. The van der Waals surface area contributed by atoms with Gasteiger partial charge in [0, 0.05) is 13.1 Å². The first kappa shape index (κ1) is 6.14. The summed E-state index contributed by atoms with van der Waals surface area (Å²) in [5.41, 5.74) is 0. The van der Waals surface area contributed by atoms with Crippen LogP contribution < -0.4 is 10.2 Å². The van der Waals surface area contributed by atoms with E-state index in [4.69, 9.17) is 0 Å². The van der Waals surface area contributed by atoms with E-state index < -0.39 is 8.10 Å². The Kier molecular flexibility index (Phi) is 2.40. The molecule has 1 heterocycles. The van der Waals surface area contributed by atoms with Gasteiger partial charge in [-0.15, -0.1) is 0 Å². The Labute approximate surface area is 49.7 Å². The molecule has 1 aliphatic rings. The molecule has 0 saturated carbocycles. The Hall–Kier alpha value is 0.0200. The molecule has 0 aliphatic carbocycles. The fourth-order valence-electron chi connectivity index (χ4n) is 0.667. The molecule has 0 bridgehead atoms. The summed E-state index contributed by atoms with van der Waals surface area (Å²) in [5.74, 6) is 0. The van der Waals surface area contributed by atoms with Crippen LogP contribution in [-0.4, -0.2) is 13.1 Å². The van der Waals surface area contributed by atoms with Crippen LogP contribution in [0, 0.1) is 0 Å². The summed E-state index contributed by atoms with van der Waals surface area (Å²) in [6.45, 7) is 1.78. The molecular formula is C4H10N2OP+. The number of hydrogen-bond donors (Lipinski definition) is 2. The normalized spacial score (nSPS) is 22.8. The van der Waals surface area contributed by atoms with E-state index in [1.54, 1.807) is 0 Å². The minimum atomic E-state index is -1.27. The van der Waals surface area contributed by atoms with Gasteiger partial charge in [-0.25, -0.2) is 0 Å². The van der Waals surface area contributed by atoms with Crippen molar-refractivity contribution in [1.29, 1.82) is 0 Å². The summed E-state index contributed by atoms with van der Waals surface area (Å²) in [5, 5.41) is 5.69. The Morgan fingerprint density at radius 2 is 1.62 bits per heavy atom. The van der Waals surface area contributed by atoms with Gasteiger partial charge in [-0.3, -0.25) is 0 Å². The third kappa shape index (κ3) is 1.86. The molecule has 46 valence electrons. The molecule has 1 aliphatic heterocycles. The summed E-state index contributed by atoms with van der Waals surface area (Å²) >= 11 is 0. The molecule has 1 fully saturated rings. The molecule has 4 heteroatoms. The molecule has 0 unspecified atom stereocenters. The van der Waals surface area contributed by atoms with Crippen LogP contribution in [0.25, 0.3) is 0 Å². The highest BCUT2D eigenvalue weighted by Gasteiger charge is 2.15. The van der Waals surface area contributed by atoms with E-state index in [0.717, 1.165) is 25.9 Å². The van der Waals surface area contributed by atoms with Crippen LogP contribution >= 0.6 is 8.10 Å². The van der Waals surface area contributed by atoms with Crippen molar-refractivity contribution in [2.75, 3.05) is 13.1 Å². The minimum Gasteiger partial charge on any atom is -0.0915 e. The maximum absolute atomic E-state index is 10.6. The van der Waals surface area contributed by atoms with Crippen molar-refractivity contribution < 1.29 is 4.57 Å². The summed E-state index contributed by atoms with van der Waals surface area (Å²) in [4.78, 5) is 0. The van der Waals surface area contributed by atoms with E-state index in [0.29, 0.717) is 0 Å². The van der Waals surface area contributed by atoms with Crippen LogP contribution in [0.1, 0.15) is 12.8 Å². The fourth-order valence-corrected chi connectivity index (χ4v) is 1.50. The second-order valence-corrected chi connectivity index (χ2v) is 3.04. The van der Waals surface area contributed by atoms with Crippen molar-refractivity contribution in [3.8, 4) is 0 Å². The SMILES string of the molecule is O=[P+]1NCCCCN1. The first-order chi connectivity index (χ1) is 3.89. The van der Waals surface area contributed by atoms with Crippen molar-refractivity contribution in [1.82, 2.24) is 10.2 Å². The Bertz CT molecular complexity index is 86.0. The molecule has 0 aromatic heterocycles. The van der Waals surface area contributed by atoms with Gasteiger partial charge in [0.2, 0.25) is 0 Å². The maximum Gasteiger partial charge on any atom is 0.532 e. The van der Waals surface area contributed by atoms with Gasteiger partial charge >= 0.3 is 8.10 Å². The molecule has 0 amide bonds. The fraction of sp³-hybridized carbons (Fsp3) is 1.00. The zero-order valence-corrected chi connectivity index (χ0v) is 5.58. The van der Waals surface area contributed by atoms with Gasteiger partial charge in [-0.05, 0) is 17.4 Å². The Balaban J connectivity index is 2.27. The zero-order chi connectivity index (χ0) is 5.82. The lowest BCUT2D eigenvalue weighted by Crippen LogP contribution is -2.09. The highest BCUT2D eigenvalue weighted by molar-refractivity contribution is 7.40. The van der Waals surface area contributed by atoms with E-state index in [1.807, 2.05) is 0 Å². The molecule has 0 spiro atoms. The standard InChI is InChI=1S/C4H10N2OP/c7-8-5-3-1-2-4-6-8/h1-4H2,(H2,5,6,7)/q+1. The second-order valence-electron chi connectivity index (χ2n) is 1.82. The average molecular weight is 133 g/mol. The van der Waals surface area contributed by atoms with Gasteiger partial charge in [0.15, 0.2) is 0 Å². The lowest BCUT2D eigenvalue weighted by atomic mass is 10.3. The van der Waals surface area contributed by atoms with Crippen LogP contribution in [0.2, 0.25) is 0 Å². The zero-order valence-electron chi connectivity index (χ0n) is 4.68. The van der Waals surface area contributed by atoms with Gasteiger partial charge < -0.3 is 0 Å². The monoisotopic (exact) mass is 133 g/mol. The first-order valence-electron chi connectivity index (χ1n) is 2.84. The smallest absolute Gasteiger partial charge is 0.0915 e. The van der Waals surface area contributed by atoms with E-state index in [1.165, 1.54) is 0 Å². The quantitative estimate of drug-likeness (QED) is 0.476. The Morgan fingerprint density at radius 3 is 2.12 bits per heavy atom. The summed E-state index contributed by atoms with van der Waals surface area (Å²) in [6.07, 6.45) is 2.27. The number of nitrogens with one attached hydrogen (secondary N) is 2. The third-order valence-electron chi connectivity index (χ3n) is 1.11. The number of rotatable bonds is 0. The van der Waals surface area contributed by atoms with E-state index in [2.05, 4.69) is 10.2 Å². The highest BCUT2D eigenvalue weighted by atomic mass is 31.1. The van der Waals surface area contributed by atoms with Gasteiger partial charge in [-0.1, -0.05) is 10.2 Å². The van der Waals surface area contributed by atoms with E-state index >= 15 is 0 Å². The van der Waals surface area contributed by atoms with Crippen LogP contribution in [0.15, 0.2) is 0 Å². The molecule has 3 nitrogen and oxygen atoms in total. The predicted molar refractivity (Wildman–Crippen MR) is 32.8 cm³/mol. The number of hydrogen-bond acceptors (Lipinski definition) is 1. The van der Waals surface area contributed by atoms with Crippen LogP contribution in [0.3, 0.4) is 0 Å². The highest BCUT2D eigenvalue weighted by Crippen LogP contribution is 2.09. The molecule has 0 aromatic rings. The lowest BCUT2D eigenvalue weighted by Gasteiger charge is -1.82. The average Bonchev–Trinajstić information content (AvgIpc) is 1.94. The van der Waals surface area contributed by atoms with Crippen molar-refractivity contribution in [3.05, 3.63) is 0 Å². The van der Waals surface area contributed by atoms with Crippen molar-refractivity contribution >= 4 is 8.10 Å². The van der Waals surface area contributed by atoms with Gasteiger partial charge in [0.1, 0.15) is 0 Å². The first-order valence-corrected chi connectivity index (χ1v) is 4.10. The summed E-state index contributed by atoms with van der Waals surface area (Å²) < 4.78 is 10.6. The van der Waals surface area contributed by atoms with E-state index in [-0.39, 0.29) is 0 Å². The van der Waals surface area contributed by atoms with Gasteiger partial charge in [-0.2, -0.15) is 0 Å². The summed E-state index contributed by atoms with van der Waals surface area (Å²) in [6, 6.07) is 0.